The van der Waals surface area contributed by atoms with E-state index in [-0.39, 0.29) is 13.2 Å². The van der Waals surface area contributed by atoms with Gasteiger partial charge in [-0.2, -0.15) is 0 Å². The molecular formula is C21H38N4O3. The predicted molar refractivity (Wildman–Crippen MR) is 115 cm³/mol. The van der Waals surface area contributed by atoms with Crippen LogP contribution in [0.15, 0.2) is 23.2 Å². The quantitative estimate of drug-likeness (QED) is 0.373. The van der Waals surface area contributed by atoms with Gasteiger partial charge in [0, 0.05) is 31.7 Å². The highest BCUT2D eigenvalue weighted by Gasteiger charge is 2.12. The predicted octanol–water partition coefficient (Wildman–Crippen LogP) is 2.24. The third-order valence-electron chi connectivity index (χ3n) is 4.33. The van der Waals surface area contributed by atoms with Gasteiger partial charge >= 0.3 is 0 Å². The first-order valence-electron chi connectivity index (χ1n) is 10.1. The first-order chi connectivity index (χ1) is 13.4. The Bertz CT molecular complexity index is 583. The fourth-order valence-electron chi connectivity index (χ4n) is 3.01. The summed E-state index contributed by atoms with van der Waals surface area (Å²) in [4.78, 5) is 7.13. The number of guanidine groups is 1. The van der Waals surface area contributed by atoms with E-state index in [9.17, 15) is 0 Å². The zero-order chi connectivity index (χ0) is 20.9. The average molecular weight is 395 g/mol. The maximum atomic E-state index is 8.91. The molecule has 7 heteroatoms. The summed E-state index contributed by atoms with van der Waals surface area (Å²) in [5, 5.41) is 15.6. The molecule has 0 fully saturated rings. The molecule has 0 aliphatic carbocycles. The largest absolute Gasteiger partial charge is 0.493 e. The minimum Gasteiger partial charge on any atom is -0.493 e. The molecule has 0 bridgehead atoms. The fourth-order valence-corrected chi connectivity index (χ4v) is 3.01. The van der Waals surface area contributed by atoms with Gasteiger partial charge in [0.1, 0.15) is 6.61 Å². The molecule has 0 heterocycles. The van der Waals surface area contributed by atoms with Crippen molar-refractivity contribution in [3.63, 3.8) is 0 Å². The van der Waals surface area contributed by atoms with E-state index < -0.39 is 0 Å². The average Bonchev–Trinajstić information content (AvgIpc) is 2.67. The molecule has 0 aromatic heterocycles. The third-order valence-corrected chi connectivity index (χ3v) is 4.33. The summed E-state index contributed by atoms with van der Waals surface area (Å²) in [6, 6.07) is 6.75. The van der Waals surface area contributed by atoms with Crippen LogP contribution in [0.1, 0.15) is 40.2 Å². The first-order valence-corrected chi connectivity index (χ1v) is 10.1. The molecule has 0 amide bonds. The third kappa shape index (κ3) is 8.35. The zero-order valence-electron chi connectivity index (χ0n) is 18.3. The Hall–Kier alpha value is -1.99. The molecule has 160 valence electrons. The fraction of sp³-hybridized carbons (Fsp3) is 0.667. The summed E-state index contributed by atoms with van der Waals surface area (Å²) < 4.78 is 10.9. The standard InChI is InChI=1S/C21H38N4O3/c1-7-22-21(23-10-11-25(16(2)3)17(4)5)24-15-18-8-9-19(28-13-12-26)20(14-18)27-6/h8-9,14,16-17,26H,7,10-13,15H2,1-6H3,(H2,22,23,24). The topological polar surface area (TPSA) is 78.4 Å². The van der Waals surface area contributed by atoms with Gasteiger partial charge in [0.25, 0.3) is 0 Å². The summed E-state index contributed by atoms with van der Waals surface area (Å²) in [5.41, 5.74) is 1.02. The molecule has 1 rings (SSSR count). The number of aliphatic hydroxyl groups is 1. The van der Waals surface area contributed by atoms with E-state index in [2.05, 4.69) is 55.1 Å². The normalized spacial score (nSPS) is 12.0. The van der Waals surface area contributed by atoms with Gasteiger partial charge < -0.3 is 25.2 Å². The SMILES string of the molecule is CCNC(=NCc1ccc(OCCO)c(OC)c1)NCCN(C(C)C)C(C)C. The Kier molecular flexibility index (Phi) is 11.4. The van der Waals surface area contributed by atoms with Crippen LogP contribution in [0.25, 0.3) is 0 Å². The maximum absolute atomic E-state index is 8.91. The number of hydrogen-bond donors (Lipinski definition) is 3. The second kappa shape index (κ2) is 13.2. The number of benzene rings is 1. The lowest BCUT2D eigenvalue weighted by molar-refractivity contribution is 0.178. The summed E-state index contributed by atoms with van der Waals surface area (Å²) in [6.45, 7) is 14.3. The minimum atomic E-state index is -0.0298. The molecule has 0 aliphatic heterocycles. The van der Waals surface area contributed by atoms with Crippen molar-refractivity contribution in [3.8, 4) is 11.5 Å². The Labute approximate surface area is 170 Å². The molecule has 7 nitrogen and oxygen atoms in total. The lowest BCUT2D eigenvalue weighted by Crippen LogP contribution is -2.45. The summed E-state index contributed by atoms with van der Waals surface area (Å²) in [5.74, 6) is 2.06. The molecule has 0 spiro atoms. The molecule has 1 aromatic carbocycles. The van der Waals surface area contributed by atoms with Crippen molar-refractivity contribution in [2.75, 3.05) is 40.0 Å². The van der Waals surface area contributed by atoms with E-state index in [1.54, 1.807) is 7.11 Å². The van der Waals surface area contributed by atoms with Crippen molar-refractivity contribution < 1.29 is 14.6 Å². The second-order valence-electron chi connectivity index (χ2n) is 7.10. The first kappa shape index (κ1) is 24.0. The van der Waals surface area contributed by atoms with Crippen LogP contribution in [0, 0.1) is 0 Å². The van der Waals surface area contributed by atoms with E-state index in [4.69, 9.17) is 14.6 Å². The van der Waals surface area contributed by atoms with Crippen LogP contribution in [0.4, 0.5) is 0 Å². The number of aliphatic hydroxyl groups excluding tert-OH is 1. The Morgan fingerprint density at radius 2 is 1.86 bits per heavy atom. The highest BCUT2D eigenvalue weighted by atomic mass is 16.5. The number of ether oxygens (including phenoxy) is 2. The van der Waals surface area contributed by atoms with Crippen LogP contribution in [-0.2, 0) is 6.54 Å². The summed E-state index contributed by atoms with van der Waals surface area (Å²) in [7, 11) is 1.61. The van der Waals surface area contributed by atoms with Crippen molar-refractivity contribution in [1.29, 1.82) is 0 Å². The van der Waals surface area contributed by atoms with Crippen LogP contribution in [0.5, 0.6) is 11.5 Å². The molecule has 0 aliphatic rings. The van der Waals surface area contributed by atoms with Gasteiger partial charge in [0.15, 0.2) is 17.5 Å². The lowest BCUT2D eigenvalue weighted by Gasteiger charge is -2.30. The van der Waals surface area contributed by atoms with Crippen molar-refractivity contribution >= 4 is 5.96 Å². The molecule has 0 saturated carbocycles. The number of hydrogen-bond acceptors (Lipinski definition) is 5. The molecule has 0 radical (unpaired) electrons. The highest BCUT2D eigenvalue weighted by Crippen LogP contribution is 2.28. The Morgan fingerprint density at radius 3 is 2.43 bits per heavy atom. The van der Waals surface area contributed by atoms with Crippen LogP contribution in [0.2, 0.25) is 0 Å². The van der Waals surface area contributed by atoms with E-state index in [0.29, 0.717) is 30.1 Å². The van der Waals surface area contributed by atoms with E-state index in [1.165, 1.54) is 0 Å². The highest BCUT2D eigenvalue weighted by molar-refractivity contribution is 5.79. The van der Waals surface area contributed by atoms with Crippen molar-refractivity contribution in [1.82, 2.24) is 15.5 Å². The zero-order valence-corrected chi connectivity index (χ0v) is 18.3. The van der Waals surface area contributed by atoms with Crippen molar-refractivity contribution in [3.05, 3.63) is 23.8 Å². The van der Waals surface area contributed by atoms with Gasteiger partial charge in [-0.05, 0) is 52.3 Å². The smallest absolute Gasteiger partial charge is 0.191 e. The Balaban J connectivity index is 2.70. The lowest BCUT2D eigenvalue weighted by atomic mass is 10.2. The molecule has 28 heavy (non-hydrogen) atoms. The summed E-state index contributed by atoms with van der Waals surface area (Å²) in [6.07, 6.45) is 0. The summed E-state index contributed by atoms with van der Waals surface area (Å²) >= 11 is 0. The molecule has 3 N–H and O–H groups in total. The monoisotopic (exact) mass is 394 g/mol. The van der Waals surface area contributed by atoms with Crippen LogP contribution >= 0.6 is 0 Å². The molecule has 0 saturated heterocycles. The van der Waals surface area contributed by atoms with E-state index in [1.807, 2.05) is 18.2 Å². The van der Waals surface area contributed by atoms with Crippen LogP contribution < -0.4 is 20.1 Å². The molecule has 0 unspecified atom stereocenters. The van der Waals surface area contributed by atoms with Crippen LogP contribution in [-0.4, -0.2) is 68.0 Å². The molecular weight excluding hydrogens is 356 g/mol. The molecule has 1 aromatic rings. The Morgan fingerprint density at radius 1 is 1.14 bits per heavy atom. The van der Waals surface area contributed by atoms with Gasteiger partial charge in [-0.15, -0.1) is 0 Å². The van der Waals surface area contributed by atoms with Crippen molar-refractivity contribution in [2.45, 2.75) is 53.2 Å². The maximum Gasteiger partial charge on any atom is 0.191 e. The van der Waals surface area contributed by atoms with Gasteiger partial charge in [-0.25, -0.2) is 4.99 Å². The van der Waals surface area contributed by atoms with Gasteiger partial charge in [-0.3, -0.25) is 4.90 Å². The molecule has 0 atom stereocenters. The van der Waals surface area contributed by atoms with Crippen molar-refractivity contribution in [2.24, 2.45) is 4.99 Å². The number of nitrogens with zero attached hydrogens (tertiary/aromatic N) is 2. The number of rotatable bonds is 12. The number of nitrogens with one attached hydrogen (secondary N) is 2. The van der Waals surface area contributed by atoms with Gasteiger partial charge in [0.2, 0.25) is 0 Å². The van der Waals surface area contributed by atoms with Crippen LogP contribution in [0.3, 0.4) is 0 Å². The second-order valence-corrected chi connectivity index (χ2v) is 7.10. The van der Waals surface area contributed by atoms with E-state index in [0.717, 1.165) is 31.2 Å². The van der Waals surface area contributed by atoms with Gasteiger partial charge in [0.05, 0.1) is 20.3 Å². The number of aliphatic imine (C=N–C) groups is 1. The van der Waals surface area contributed by atoms with Gasteiger partial charge in [-0.1, -0.05) is 6.07 Å². The number of methoxy groups -OCH3 is 1. The minimum absolute atomic E-state index is 0.0298. The van der Waals surface area contributed by atoms with E-state index >= 15 is 0 Å².